The summed E-state index contributed by atoms with van der Waals surface area (Å²) in [4.78, 5) is 2.15. The van der Waals surface area contributed by atoms with Crippen LogP contribution in [0.25, 0.3) is 0 Å². The number of thiocarbonyl (C=S) groups is 1. The van der Waals surface area contributed by atoms with Gasteiger partial charge in [0.05, 0.1) is 0 Å². The third-order valence-electron chi connectivity index (χ3n) is 2.35. The molecule has 0 radical (unpaired) electrons. The van der Waals surface area contributed by atoms with Gasteiger partial charge in [0, 0.05) is 19.6 Å². The molecule has 84 valence electrons. The molecule has 0 aliphatic carbocycles. The minimum absolute atomic E-state index is 0.534. The normalized spacial score (nSPS) is 12.7. The molecule has 0 heterocycles. The summed E-state index contributed by atoms with van der Waals surface area (Å²) in [6, 6.07) is 0.534. The molecule has 14 heavy (non-hydrogen) atoms. The van der Waals surface area contributed by atoms with E-state index in [1.54, 1.807) is 0 Å². The van der Waals surface area contributed by atoms with Crippen LogP contribution >= 0.6 is 12.2 Å². The van der Waals surface area contributed by atoms with E-state index < -0.39 is 0 Å². The third-order valence-corrected chi connectivity index (χ3v) is 2.78. The highest BCUT2D eigenvalue weighted by molar-refractivity contribution is 7.80. The van der Waals surface area contributed by atoms with Crippen molar-refractivity contribution in [2.75, 3.05) is 13.6 Å². The van der Waals surface area contributed by atoms with E-state index in [2.05, 4.69) is 45.0 Å². The van der Waals surface area contributed by atoms with E-state index in [0.29, 0.717) is 12.0 Å². The summed E-state index contributed by atoms with van der Waals surface area (Å²) in [7, 11) is 2.07. The van der Waals surface area contributed by atoms with Crippen molar-refractivity contribution in [1.29, 1.82) is 0 Å². The van der Waals surface area contributed by atoms with Crippen LogP contribution in [0.4, 0.5) is 0 Å². The quantitative estimate of drug-likeness (QED) is 0.711. The Kier molecular flexibility index (Phi) is 6.89. The van der Waals surface area contributed by atoms with Gasteiger partial charge in [-0.3, -0.25) is 0 Å². The molecule has 0 saturated heterocycles. The van der Waals surface area contributed by atoms with Crippen molar-refractivity contribution in [2.24, 2.45) is 5.92 Å². The van der Waals surface area contributed by atoms with Crippen LogP contribution in [0.1, 0.15) is 40.5 Å². The molecule has 2 nitrogen and oxygen atoms in total. The van der Waals surface area contributed by atoms with E-state index in [-0.39, 0.29) is 0 Å². The van der Waals surface area contributed by atoms with Crippen LogP contribution in [0.15, 0.2) is 0 Å². The van der Waals surface area contributed by atoms with Crippen LogP contribution in [-0.4, -0.2) is 29.6 Å². The van der Waals surface area contributed by atoms with Crippen LogP contribution in [0.5, 0.6) is 0 Å². The first-order valence-corrected chi connectivity index (χ1v) is 5.90. The molecule has 1 N–H and O–H groups in total. The fourth-order valence-electron chi connectivity index (χ4n) is 1.23. The Hall–Kier alpha value is -0.310. The zero-order valence-corrected chi connectivity index (χ0v) is 10.9. The third kappa shape index (κ3) is 5.43. The van der Waals surface area contributed by atoms with Crippen LogP contribution in [0.3, 0.4) is 0 Å². The molecule has 0 aromatic carbocycles. The van der Waals surface area contributed by atoms with Gasteiger partial charge in [-0.25, -0.2) is 0 Å². The Morgan fingerprint density at radius 1 is 1.36 bits per heavy atom. The first kappa shape index (κ1) is 13.7. The molecule has 0 saturated carbocycles. The van der Waals surface area contributed by atoms with Gasteiger partial charge in [0.25, 0.3) is 0 Å². The van der Waals surface area contributed by atoms with E-state index in [0.717, 1.165) is 11.7 Å². The van der Waals surface area contributed by atoms with Gasteiger partial charge in [-0.15, -0.1) is 0 Å². The highest BCUT2D eigenvalue weighted by Crippen LogP contribution is 2.04. The van der Waals surface area contributed by atoms with Gasteiger partial charge in [-0.1, -0.05) is 27.2 Å². The number of rotatable bonds is 5. The average molecular weight is 216 g/mol. The molecule has 0 bridgehead atoms. The number of hydrogen-bond acceptors (Lipinski definition) is 1. The second-order valence-electron chi connectivity index (χ2n) is 4.33. The van der Waals surface area contributed by atoms with Crippen molar-refractivity contribution in [3.63, 3.8) is 0 Å². The van der Waals surface area contributed by atoms with Crippen LogP contribution in [0.2, 0.25) is 0 Å². The van der Waals surface area contributed by atoms with Crippen molar-refractivity contribution in [1.82, 2.24) is 10.2 Å². The number of nitrogens with zero attached hydrogens (tertiary/aromatic N) is 1. The summed E-state index contributed by atoms with van der Waals surface area (Å²) in [5, 5.41) is 4.15. The summed E-state index contributed by atoms with van der Waals surface area (Å²) >= 11 is 5.30. The lowest BCUT2D eigenvalue weighted by Crippen LogP contribution is -2.43. The van der Waals surface area contributed by atoms with Gasteiger partial charge in [0.2, 0.25) is 0 Å². The molecular weight excluding hydrogens is 192 g/mol. The molecular formula is C11H24N2S. The summed E-state index contributed by atoms with van der Waals surface area (Å²) < 4.78 is 0. The Balaban J connectivity index is 3.86. The maximum absolute atomic E-state index is 5.30. The predicted molar refractivity (Wildman–Crippen MR) is 67.6 cm³/mol. The molecule has 0 rings (SSSR count). The maximum Gasteiger partial charge on any atom is 0.168 e. The minimum Gasteiger partial charge on any atom is -0.362 e. The zero-order valence-electron chi connectivity index (χ0n) is 10.1. The highest BCUT2D eigenvalue weighted by atomic mass is 32.1. The fraction of sp³-hybridized carbons (Fsp3) is 0.909. The van der Waals surface area contributed by atoms with E-state index in [1.165, 1.54) is 12.8 Å². The lowest BCUT2D eigenvalue weighted by atomic mass is 10.2. The molecule has 3 heteroatoms. The SMILES string of the molecule is CCCC(C)N(C)C(=S)NCC(C)C. The second kappa shape index (κ2) is 7.04. The summed E-state index contributed by atoms with van der Waals surface area (Å²) in [6.45, 7) is 9.75. The average Bonchev–Trinajstić information content (AvgIpc) is 2.13. The summed E-state index contributed by atoms with van der Waals surface area (Å²) in [5.74, 6) is 0.642. The van der Waals surface area contributed by atoms with Gasteiger partial charge in [0.1, 0.15) is 0 Å². The first-order valence-electron chi connectivity index (χ1n) is 5.49. The van der Waals surface area contributed by atoms with E-state index >= 15 is 0 Å². The van der Waals surface area contributed by atoms with Gasteiger partial charge in [-0.2, -0.15) is 0 Å². The molecule has 1 atom stereocenters. The van der Waals surface area contributed by atoms with E-state index in [1.807, 2.05) is 0 Å². The molecule has 0 aromatic heterocycles. The second-order valence-corrected chi connectivity index (χ2v) is 4.72. The Bertz CT molecular complexity index is 169. The largest absolute Gasteiger partial charge is 0.362 e. The van der Waals surface area contributed by atoms with Gasteiger partial charge >= 0.3 is 0 Å². The standard InChI is InChI=1S/C11H24N2S/c1-6-7-10(4)13(5)11(14)12-8-9(2)3/h9-10H,6-8H2,1-5H3,(H,12,14). The summed E-state index contributed by atoms with van der Waals surface area (Å²) in [6.07, 6.45) is 2.40. The molecule has 0 fully saturated rings. The first-order chi connectivity index (χ1) is 6.49. The van der Waals surface area contributed by atoms with Crippen molar-refractivity contribution < 1.29 is 0 Å². The van der Waals surface area contributed by atoms with Gasteiger partial charge in [-0.05, 0) is 31.5 Å². The lowest BCUT2D eigenvalue weighted by molar-refractivity contribution is 0.360. The monoisotopic (exact) mass is 216 g/mol. The van der Waals surface area contributed by atoms with Crippen molar-refractivity contribution in [2.45, 2.75) is 46.6 Å². The maximum atomic E-state index is 5.30. The molecule has 1 unspecified atom stereocenters. The smallest absolute Gasteiger partial charge is 0.168 e. The van der Waals surface area contributed by atoms with Crippen LogP contribution < -0.4 is 5.32 Å². The number of nitrogens with one attached hydrogen (secondary N) is 1. The van der Waals surface area contributed by atoms with Crippen LogP contribution in [0, 0.1) is 5.92 Å². The lowest BCUT2D eigenvalue weighted by Gasteiger charge is -2.28. The van der Waals surface area contributed by atoms with Gasteiger partial charge in [0.15, 0.2) is 5.11 Å². The topological polar surface area (TPSA) is 15.3 Å². The van der Waals surface area contributed by atoms with E-state index in [9.17, 15) is 0 Å². The molecule has 0 aliphatic rings. The predicted octanol–water partition coefficient (Wildman–Crippen LogP) is 2.64. The van der Waals surface area contributed by atoms with Crippen molar-refractivity contribution in [3.05, 3.63) is 0 Å². The fourth-order valence-corrected chi connectivity index (χ4v) is 1.49. The molecule has 0 amide bonds. The molecule has 0 aliphatic heterocycles. The Morgan fingerprint density at radius 2 is 1.93 bits per heavy atom. The minimum atomic E-state index is 0.534. The Labute approximate surface area is 94.1 Å². The highest BCUT2D eigenvalue weighted by Gasteiger charge is 2.10. The van der Waals surface area contributed by atoms with Crippen molar-refractivity contribution >= 4 is 17.3 Å². The number of hydrogen-bond donors (Lipinski definition) is 1. The van der Waals surface area contributed by atoms with Crippen LogP contribution in [-0.2, 0) is 0 Å². The Morgan fingerprint density at radius 3 is 2.36 bits per heavy atom. The zero-order chi connectivity index (χ0) is 11.1. The summed E-state index contributed by atoms with van der Waals surface area (Å²) in [5.41, 5.74) is 0. The molecule has 0 spiro atoms. The van der Waals surface area contributed by atoms with Gasteiger partial charge < -0.3 is 10.2 Å². The van der Waals surface area contributed by atoms with E-state index in [4.69, 9.17) is 12.2 Å². The van der Waals surface area contributed by atoms with Crippen molar-refractivity contribution in [3.8, 4) is 0 Å². The molecule has 0 aromatic rings.